The first-order chi connectivity index (χ1) is 3.72. The topological polar surface area (TPSA) is 0 Å². The molecule has 0 radical (unpaired) electrons. The van der Waals surface area contributed by atoms with Gasteiger partial charge in [0.15, 0.2) is 0 Å². The van der Waals surface area contributed by atoms with Gasteiger partial charge >= 0.3 is 0 Å². The fourth-order valence-corrected chi connectivity index (χ4v) is 0.455. The predicted octanol–water partition coefficient (Wildman–Crippen LogP) is 2.92. The van der Waals surface area contributed by atoms with E-state index in [0.717, 1.165) is 0 Å². The summed E-state index contributed by atoms with van der Waals surface area (Å²) in [4.78, 5) is 0. The summed E-state index contributed by atoms with van der Waals surface area (Å²) in [6.07, 6.45) is 4.24. The van der Waals surface area contributed by atoms with Gasteiger partial charge in [-0.15, -0.1) is 0 Å². The molecule has 0 nitrogen and oxygen atoms in total. The molecule has 0 bridgehead atoms. The molecule has 0 fully saturated rings. The molecule has 0 amide bonds. The molecule has 0 spiro atoms. The fourth-order valence-electron chi connectivity index (χ4n) is 0.455. The first-order valence-corrected chi connectivity index (χ1v) is 2.98. The van der Waals surface area contributed by atoms with E-state index >= 15 is 0 Å². The molecule has 0 aliphatic heterocycles. The van der Waals surface area contributed by atoms with Crippen LogP contribution in [0.2, 0.25) is 0 Å². The zero-order valence-corrected chi connectivity index (χ0v) is 6.15. The van der Waals surface area contributed by atoms with Crippen molar-refractivity contribution in [1.82, 2.24) is 0 Å². The Morgan fingerprint density at radius 3 is 1.25 bits per heavy atom. The summed E-state index contributed by atoms with van der Waals surface area (Å²) in [7, 11) is 0. The molecule has 0 unspecified atom stereocenters. The summed E-state index contributed by atoms with van der Waals surface area (Å²) in [6, 6.07) is 0. The molecule has 0 aliphatic rings. The maximum atomic E-state index is 2.12. The third-order valence-corrected chi connectivity index (χ3v) is 1.49. The molecule has 0 heteroatoms. The van der Waals surface area contributed by atoms with E-state index < -0.39 is 0 Å². The van der Waals surface area contributed by atoms with Gasteiger partial charge < -0.3 is 0 Å². The SMILES string of the molecule is CC=C(C)/C(C)=C\C. The van der Waals surface area contributed by atoms with Gasteiger partial charge in [-0.2, -0.15) is 0 Å². The summed E-state index contributed by atoms with van der Waals surface area (Å²) in [5.74, 6) is 0. The van der Waals surface area contributed by atoms with Crippen molar-refractivity contribution in [1.29, 1.82) is 0 Å². The molecular weight excluding hydrogens is 96.1 g/mol. The first kappa shape index (κ1) is 7.48. The number of hydrogen-bond acceptors (Lipinski definition) is 0. The highest BCUT2D eigenvalue weighted by molar-refractivity contribution is 5.25. The first-order valence-electron chi connectivity index (χ1n) is 2.98. The zero-order chi connectivity index (χ0) is 6.57. The maximum absolute atomic E-state index is 2.12. The van der Waals surface area contributed by atoms with Crippen LogP contribution in [0.4, 0.5) is 0 Å². The van der Waals surface area contributed by atoms with Gasteiger partial charge in [0, 0.05) is 0 Å². The van der Waals surface area contributed by atoms with Gasteiger partial charge in [-0.05, 0) is 27.7 Å². The fraction of sp³-hybridized carbons (Fsp3) is 0.500. The van der Waals surface area contributed by atoms with E-state index in [4.69, 9.17) is 0 Å². The summed E-state index contributed by atoms with van der Waals surface area (Å²) in [5.41, 5.74) is 2.74. The number of allylic oxidation sites excluding steroid dienone is 4. The summed E-state index contributed by atoms with van der Waals surface area (Å²) in [5, 5.41) is 0. The van der Waals surface area contributed by atoms with Crippen LogP contribution in [0, 0.1) is 0 Å². The van der Waals surface area contributed by atoms with E-state index in [9.17, 15) is 0 Å². The van der Waals surface area contributed by atoms with Gasteiger partial charge in [0.05, 0.1) is 0 Å². The number of hydrogen-bond donors (Lipinski definition) is 0. The number of rotatable bonds is 1. The molecule has 0 aromatic heterocycles. The van der Waals surface area contributed by atoms with Crippen molar-refractivity contribution in [3.05, 3.63) is 23.3 Å². The molecule has 0 saturated carbocycles. The molecular formula is C8H14. The lowest BCUT2D eigenvalue weighted by Crippen LogP contribution is -1.74. The highest BCUT2D eigenvalue weighted by Crippen LogP contribution is 2.05. The Hall–Kier alpha value is -0.520. The molecule has 46 valence electrons. The predicted molar refractivity (Wildman–Crippen MR) is 38.9 cm³/mol. The quantitative estimate of drug-likeness (QED) is 0.455. The van der Waals surface area contributed by atoms with Crippen molar-refractivity contribution in [3.63, 3.8) is 0 Å². The average molecular weight is 110 g/mol. The molecule has 0 atom stereocenters. The lowest BCUT2D eigenvalue weighted by molar-refractivity contribution is 1.31. The van der Waals surface area contributed by atoms with Gasteiger partial charge in [-0.1, -0.05) is 23.3 Å². The highest BCUT2D eigenvalue weighted by atomic mass is 13.9. The second kappa shape index (κ2) is 3.48. The third-order valence-electron chi connectivity index (χ3n) is 1.49. The second-order valence-corrected chi connectivity index (χ2v) is 1.94. The monoisotopic (exact) mass is 110 g/mol. The van der Waals surface area contributed by atoms with Crippen LogP contribution in [0.1, 0.15) is 27.7 Å². The van der Waals surface area contributed by atoms with E-state index in [2.05, 4.69) is 39.8 Å². The van der Waals surface area contributed by atoms with Crippen molar-refractivity contribution < 1.29 is 0 Å². The van der Waals surface area contributed by atoms with Crippen molar-refractivity contribution in [3.8, 4) is 0 Å². The third kappa shape index (κ3) is 1.97. The Bertz CT molecular complexity index is 100. The van der Waals surface area contributed by atoms with E-state index in [1.807, 2.05) is 0 Å². The zero-order valence-electron chi connectivity index (χ0n) is 6.15. The molecule has 0 N–H and O–H groups in total. The minimum Gasteiger partial charge on any atom is -0.0845 e. The summed E-state index contributed by atoms with van der Waals surface area (Å²) in [6.45, 7) is 8.36. The molecule has 0 aliphatic carbocycles. The van der Waals surface area contributed by atoms with Crippen molar-refractivity contribution in [2.24, 2.45) is 0 Å². The van der Waals surface area contributed by atoms with Crippen LogP contribution in [-0.4, -0.2) is 0 Å². The van der Waals surface area contributed by atoms with Crippen molar-refractivity contribution >= 4 is 0 Å². The van der Waals surface area contributed by atoms with E-state index in [0.29, 0.717) is 0 Å². The van der Waals surface area contributed by atoms with Gasteiger partial charge in [-0.25, -0.2) is 0 Å². The van der Waals surface area contributed by atoms with Crippen molar-refractivity contribution in [2.75, 3.05) is 0 Å². The Morgan fingerprint density at radius 1 is 0.875 bits per heavy atom. The Labute approximate surface area is 51.9 Å². The van der Waals surface area contributed by atoms with Crippen LogP contribution in [0.3, 0.4) is 0 Å². The lowest BCUT2D eigenvalue weighted by atomic mass is 10.1. The van der Waals surface area contributed by atoms with Gasteiger partial charge in [0.1, 0.15) is 0 Å². The molecule has 0 aromatic carbocycles. The molecule has 0 aromatic rings. The summed E-state index contributed by atoms with van der Waals surface area (Å²) < 4.78 is 0. The molecule has 0 saturated heterocycles. The van der Waals surface area contributed by atoms with Crippen molar-refractivity contribution in [2.45, 2.75) is 27.7 Å². The van der Waals surface area contributed by atoms with Gasteiger partial charge in [0.2, 0.25) is 0 Å². The maximum Gasteiger partial charge on any atom is -0.0399 e. The van der Waals surface area contributed by atoms with E-state index in [-0.39, 0.29) is 0 Å². The average Bonchev–Trinajstić information content (AvgIpc) is 1.84. The Morgan fingerprint density at radius 2 is 1.12 bits per heavy atom. The normalized spacial score (nSPS) is 14.5. The molecule has 8 heavy (non-hydrogen) atoms. The van der Waals surface area contributed by atoms with Crippen LogP contribution in [0.15, 0.2) is 23.3 Å². The highest BCUT2D eigenvalue weighted by Gasteiger charge is 1.84. The Kier molecular flexibility index (Phi) is 3.25. The molecule has 0 rings (SSSR count). The van der Waals surface area contributed by atoms with Crippen LogP contribution in [0.5, 0.6) is 0 Å². The molecule has 0 heterocycles. The van der Waals surface area contributed by atoms with Gasteiger partial charge in [-0.3, -0.25) is 0 Å². The second-order valence-electron chi connectivity index (χ2n) is 1.94. The Balaban J connectivity index is 4.04. The lowest BCUT2D eigenvalue weighted by Gasteiger charge is -1.95. The minimum absolute atomic E-state index is 1.37. The van der Waals surface area contributed by atoms with Crippen LogP contribution < -0.4 is 0 Å². The van der Waals surface area contributed by atoms with Crippen LogP contribution in [-0.2, 0) is 0 Å². The minimum atomic E-state index is 1.37. The largest absolute Gasteiger partial charge is 0.0845 e. The van der Waals surface area contributed by atoms with Crippen LogP contribution >= 0.6 is 0 Å². The standard InChI is InChI=1S/C8H14/c1-5-7(3)8(4)6-2/h5-6H,1-4H3/b7-5-,8-6?. The summed E-state index contributed by atoms with van der Waals surface area (Å²) >= 11 is 0. The van der Waals surface area contributed by atoms with Gasteiger partial charge in [0.25, 0.3) is 0 Å². The van der Waals surface area contributed by atoms with E-state index in [1.54, 1.807) is 0 Å². The van der Waals surface area contributed by atoms with E-state index in [1.165, 1.54) is 11.1 Å². The van der Waals surface area contributed by atoms with Crippen LogP contribution in [0.25, 0.3) is 0 Å². The smallest absolute Gasteiger partial charge is 0.0399 e.